The molecule has 0 radical (unpaired) electrons. The van der Waals surface area contributed by atoms with Gasteiger partial charge in [-0.3, -0.25) is 0 Å². The Bertz CT molecular complexity index is 1340. The Morgan fingerprint density at radius 2 is 0.619 bits per heavy atom. The summed E-state index contributed by atoms with van der Waals surface area (Å²) in [5, 5.41) is 44.3. The SMILES string of the molecule is CCN(CCO)c1ccc(/N=N/c2ccc(/N=N/c3ccc(/N=N/c4ccc(N(CC)CCO)cc4)cc3)cc2)cc1. The van der Waals surface area contributed by atoms with Gasteiger partial charge in [-0.1, -0.05) is 0 Å². The Kier molecular flexibility index (Phi) is 11.4. The highest BCUT2D eigenvalue weighted by Gasteiger charge is 2.04. The van der Waals surface area contributed by atoms with E-state index in [1.54, 1.807) is 0 Å². The van der Waals surface area contributed by atoms with Gasteiger partial charge in [0.25, 0.3) is 0 Å². The molecule has 0 aliphatic rings. The minimum absolute atomic E-state index is 0.118. The molecule has 10 heteroatoms. The largest absolute Gasteiger partial charge is 0.395 e. The van der Waals surface area contributed by atoms with Crippen LogP contribution in [-0.2, 0) is 0 Å². The average molecular weight is 565 g/mol. The summed E-state index contributed by atoms with van der Waals surface area (Å²) in [5.74, 6) is 0. The summed E-state index contributed by atoms with van der Waals surface area (Å²) >= 11 is 0. The molecule has 10 nitrogen and oxygen atoms in total. The maximum Gasteiger partial charge on any atom is 0.0858 e. The van der Waals surface area contributed by atoms with Crippen LogP contribution in [0.1, 0.15) is 13.8 Å². The molecule has 4 aromatic rings. The van der Waals surface area contributed by atoms with Gasteiger partial charge >= 0.3 is 0 Å². The normalized spacial score (nSPS) is 11.6. The standard InChI is InChI=1S/C32H36N8O2/c1-3-39(21-23-41)31-17-13-29(14-18-31)37-35-27-9-5-25(6-10-27)33-34-26-7-11-28(12-8-26)36-38-30-15-19-32(20-16-30)40(4-2)22-24-42/h5-20,41-42H,3-4,21-24H2,1-2H3/b34-33+,37-35+,38-36+. The Morgan fingerprint density at radius 3 is 0.810 bits per heavy atom. The fourth-order valence-electron chi connectivity index (χ4n) is 4.16. The second-order valence-corrected chi connectivity index (χ2v) is 9.27. The van der Waals surface area contributed by atoms with Gasteiger partial charge < -0.3 is 20.0 Å². The Balaban J connectivity index is 1.30. The zero-order valence-electron chi connectivity index (χ0n) is 24.0. The molecule has 0 amide bonds. The van der Waals surface area contributed by atoms with E-state index in [0.29, 0.717) is 35.8 Å². The summed E-state index contributed by atoms with van der Waals surface area (Å²) in [6.07, 6.45) is 0. The van der Waals surface area contributed by atoms with Crippen molar-refractivity contribution in [1.82, 2.24) is 0 Å². The lowest BCUT2D eigenvalue weighted by Gasteiger charge is -2.21. The third kappa shape index (κ3) is 8.85. The molecule has 0 unspecified atom stereocenters. The fraction of sp³-hybridized carbons (Fsp3) is 0.250. The van der Waals surface area contributed by atoms with E-state index in [1.165, 1.54) is 0 Å². The number of nitrogens with zero attached hydrogens (tertiary/aromatic N) is 8. The molecule has 0 aliphatic carbocycles. The van der Waals surface area contributed by atoms with Crippen molar-refractivity contribution in [3.63, 3.8) is 0 Å². The van der Waals surface area contributed by atoms with E-state index in [9.17, 15) is 10.2 Å². The van der Waals surface area contributed by atoms with E-state index in [2.05, 4.69) is 54.3 Å². The summed E-state index contributed by atoms with van der Waals surface area (Å²) in [6.45, 7) is 7.19. The lowest BCUT2D eigenvalue weighted by atomic mass is 10.2. The molecule has 0 aromatic heterocycles. The first-order valence-electron chi connectivity index (χ1n) is 14.0. The molecule has 0 spiro atoms. The Morgan fingerprint density at radius 1 is 0.405 bits per heavy atom. The van der Waals surface area contributed by atoms with Crippen LogP contribution in [0.4, 0.5) is 45.5 Å². The summed E-state index contributed by atoms with van der Waals surface area (Å²) in [5.41, 5.74) is 6.42. The Hall–Kier alpha value is -4.80. The van der Waals surface area contributed by atoms with Crippen molar-refractivity contribution in [2.45, 2.75) is 13.8 Å². The topological polar surface area (TPSA) is 121 Å². The van der Waals surface area contributed by atoms with Crippen molar-refractivity contribution < 1.29 is 10.2 Å². The van der Waals surface area contributed by atoms with Gasteiger partial charge in [0.05, 0.1) is 47.3 Å². The first-order valence-corrected chi connectivity index (χ1v) is 14.0. The van der Waals surface area contributed by atoms with Gasteiger partial charge in [-0.2, -0.15) is 30.7 Å². The van der Waals surface area contributed by atoms with E-state index >= 15 is 0 Å². The molecule has 216 valence electrons. The monoisotopic (exact) mass is 564 g/mol. The van der Waals surface area contributed by atoms with Gasteiger partial charge in [-0.05, 0) is 111 Å². The quantitative estimate of drug-likeness (QED) is 0.149. The van der Waals surface area contributed by atoms with Crippen molar-refractivity contribution in [2.24, 2.45) is 30.7 Å². The number of benzene rings is 4. The third-order valence-corrected chi connectivity index (χ3v) is 6.48. The second-order valence-electron chi connectivity index (χ2n) is 9.27. The van der Waals surface area contributed by atoms with E-state index in [1.807, 2.05) is 97.1 Å². The lowest BCUT2D eigenvalue weighted by Crippen LogP contribution is -2.25. The highest BCUT2D eigenvalue weighted by atomic mass is 16.3. The van der Waals surface area contributed by atoms with Crippen LogP contribution >= 0.6 is 0 Å². The Labute approximate surface area is 246 Å². The minimum Gasteiger partial charge on any atom is -0.395 e. The van der Waals surface area contributed by atoms with Crippen LogP contribution in [0.5, 0.6) is 0 Å². The van der Waals surface area contributed by atoms with Crippen LogP contribution in [0.15, 0.2) is 128 Å². The first kappa shape index (κ1) is 30.2. The third-order valence-electron chi connectivity index (χ3n) is 6.48. The molecule has 0 saturated carbocycles. The number of anilines is 2. The maximum atomic E-state index is 9.20. The predicted octanol–water partition coefficient (Wildman–Crippen LogP) is 8.57. The van der Waals surface area contributed by atoms with Crippen LogP contribution in [0.2, 0.25) is 0 Å². The summed E-state index contributed by atoms with van der Waals surface area (Å²) in [4.78, 5) is 4.19. The molecule has 4 rings (SSSR count). The predicted molar refractivity (Wildman–Crippen MR) is 168 cm³/mol. The van der Waals surface area contributed by atoms with Crippen molar-refractivity contribution in [1.29, 1.82) is 0 Å². The zero-order valence-corrected chi connectivity index (χ0v) is 24.0. The van der Waals surface area contributed by atoms with Gasteiger partial charge in [0.1, 0.15) is 0 Å². The van der Waals surface area contributed by atoms with Gasteiger partial charge in [0.2, 0.25) is 0 Å². The zero-order chi connectivity index (χ0) is 29.6. The van der Waals surface area contributed by atoms with E-state index < -0.39 is 0 Å². The molecule has 0 bridgehead atoms. The van der Waals surface area contributed by atoms with Gasteiger partial charge in [-0.25, -0.2) is 0 Å². The van der Waals surface area contributed by atoms with Gasteiger partial charge in [0, 0.05) is 37.6 Å². The van der Waals surface area contributed by atoms with E-state index in [0.717, 1.165) is 35.8 Å². The smallest absolute Gasteiger partial charge is 0.0858 e. The molecular formula is C32H36N8O2. The molecule has 42 heavy (non-hydrogen) atoms. The van der Waals surface area contributed by atoms with Crippen molar-refractivity contribution in [2.75, 3.05) is 49.2 Å². The van der Waals surface area contributed by atoms with E-state index in [4.69, 9.17) is 0 Å². The number of aliphatic hydroxyl groups is 2. The van der Waals surface area contributed by atoms with Crippen LogP contribution < -0.4 is 9.80 Å². The number of rotatable bonds is 14. The molecule has 0 atom stereocenters. The second kappa shape index (κ2) is 15.8. The summed E-state index contributed by atoms with van der Waals surface area (Å²) < 4.78 is 0. The number of azo groups is 3. The summed E-state index contributed by atoms with van der Waals surface area (Å²) in [6, 6.07) is 30.3. The highest BCUT2D eigenvalue weighted by Crippen LogP contribution is 2.27. The van der Waals surface area contributed by atoms with Crippen molar-refractivity contribution in [3.05, 3.63) is 97.1 Å². The summed E-state index contributed by atoms with van der Waals surface area (Å²) in [7, 11) is 0. The van der Waals surface area contributed by atoms with Crippen LogP contribution in [0, 0.1) is 0 Å². The number of aliphatic hydroxyl groups excluding tert-OH is 2. The number of hydrogen-bond acceptors (Lipinski definition) is 10. The van der Waals surface area contributed by atoms with Crippen LogP contribution in [0.3, 0.4) is 0 Å². The van der Waals surface area contributed by atoms with Crippen LogP contribution in [-0.4, -0.2) is 49.6 Å². The maximum absolute atomic E-state index is 9.20. The van der Waals surface area contributed by atoms with E-state index in [-0.39, 0.29) is 13.2 Å². The molecular weight excluding hydrogens is 528 g/mol. The highest BCUT2D eigenvalue weighted by molar-refractivity contribution is 5.55. The van der Waals surface area contributed by atoms with Gasteiger partial charge in [-0.15, -0.1) is 0 Å². The van der Waals surface area contributed by atoms with Crippen molar-refractivity contribution in [3.8, 4) is 0 Å². The number of hydrogen-bond donors (Lipinski definition) is 2. The lowest BCUT2D eigenvalue weighted by molar-refractivity contribution is 0.302. The molecule has 4 aromatic carbocycles. The van der Waals surface area contributed by atoms with Gasteiger partial charge in [0.15, 0.2) is 0 Å². The molecule has 0 saturated heterocycles. The molecule has 2 N–H and O–H groups in total. The molecule has 0 aliphatic heterocycles. The average Bonchev–Trinajstić information content (AvgIpc) is 3.05. The van der Waals surface area contributed by atoms with Crippen molar-refractivity contribution >= 4 is 45.5 Å². The molecule has 0 heterocycles. The molecule has 0 fully saturated rings. The first-order chi connectivity index (χ1) is 20.6. The fourth-order valence-corrected chi connectivity index (χ4v) is 4.16. The van der Waals surface area contributed by atoms with Crippen LogP contribution in [0.25, 0.3) is 0 Å². The minimum atomic E-state index is 0.118. The number of likely N-dealkylation sites (N-methyl/N-ethyl adjacent to an activating group) is 2.